The van der Waals surface area contributed by atoms with Crippen LogP contribution >= 0.6 is 11.6 Å². The van der Waals surface area contributed by atoms with Crippen LogP contribution in [-0.4, -0.2) is 32.0 Å². The first kappa shape index (κ1) is 19.7. The van der Waals surface area contributed by atoms with Crippen molar-refractivity contribution in [3.63, 3.8) is 0 Å². The summed E-state index contributed by atoms with van der Waals surface area (Å²) < 4.78 is 27.4. The standard InChI is InChI=1S/C17H16ClN3O4S/c18-13-3-7-15(8-4-13)26(24,25)21-16(17(23)20-10-9-19)11-12-1-5-14(22)6-2-12/h1-8,16,21-22H,10-11H2,(H,20,23). The monoisotopic (exact) mass is 393 g/mol. The highest BCUT2D eigenvalue weighted by molar-refractivity contribution is 7.89. The highest BCUT2D eigenvalue weighted by atomic mass is 35.5. The number of halogens is 1. The molecule has 0 radical (unpaired) electrons. The molecule has 1 unspecified atom stereocenters. The Kier molecular flexibility index (Phi) is 6.58. The van der Waals surface area contributed by atoms with Crippen LogP contribution in [0.25, 0.3) is 0 Å². The predicted octanol–water partition coefficient (Wildman–Crippen LogP) is 1.57. The molecule has 136 valence electrons. The fourth-order valence-corrected chi connectivity index (χ4v) is 3.50. The summed E-state index contributed by atoms with van der Waals surface area (Å²) >= 11 is 5.76. The van der Waals surface area contributed by atoms with Gasteiger partial charge < -0.3 is 10.4 Å². The topological polar surface area (TPSA) is 119 Å². The van der Waals surface area contributed by atoms with Crippen molar-refractivity contribution in [3.8, 4) is 11.8 Å². The van der Waals surface area contributed by atoms with Gasteiger partial charge in [0.15, 0.2) is 0 Å². The molecule has 0 heterocycles. The number of sulfonamides is 1. The number of rotatable bonds is 7. The molecule has 0 aromatic heterocycles. The smallest absolute Gasteiger partial charge is 0.241 e. The van der Waals surface area contributed by atoms with E-state index in [-0.39, 0.29) is 23.6 Å². The lowest BCUT2D eigenvalue weighted by Crippen LogP contribution is -2.48. The van der Waals surface area contributed by atoms with Gasteiger partial charge in [-0.1, -0.05) is 23.7 Å². The number of nitriles is 1. The third-order valence-corrected chi connectivity index (χ3v) is 5.20. The van der Waals surface area contributed by atoms with Crippen molar-refractivity contribution in [2.24, 2.45) is 0 Å². The summed E-state index contributed by atoms with van der Waals surface area (Å²) in [6, 6.07) is 12.2. The van der Waals surface area contributed by atoms with Crippen LogP contribution in [0.5, 0.6) is 5.75 Å². The van der Waals surface area contributed by atoms with E-state index in [1.807, 2.05) is 0 Å². The predicted molar refractivity (Wildman–Crippen MR) is 96.0 cm³/mol. The Morgan fingerprint density at radius 1 is 1.15 bits per heavy atom. The molecule has 7 nitrogen and oxygen atoms in total. The number of hydrogen-bond acceptors (Lipinski definition) is 5. The molecular weight excluding hydrogens is 378 g/mol. The molecule has 0 bridgehead atoms. The minimum absolute atomic E-state index is 0.0364. The molecule has 0 aliphatic rings. The maximum absolute atomic E-state index is 12.5. The lowest BCUT2D eigenvalue weighted by molar-refractivity contribution is -0.122. The molecule has 3 N–H and O–H groups in total. The van der Waals surface area contributed by atoms with E-state index >= 15 is 0 Å². The van der Waals surface area contributed by atoms with Gasteiger partial charge in [0.05, 0.1) is 11.0 Å². The average molecular weight is 394 g/mol. The van der Waals surface area contributed by atoms with Gasteiger partial charge in [0.1, 0.15) is 18.3 Å². The number of nitrogens with zero attached hydrogens (tertiary/aromatic N) is 1. The van der Waals surface area contributed by atoms with Crippen LogP contribution in [0.3, 0.4) is 0 Å². The van der Waals surface area contributed by atoms with E-state index in [1.54, 1.807) is 18.2 Å². The average Bonchev–Trinajstić information content (AvgIpc) is 2.61. The van der Waals surface area contributed by atoms with Crippen LogP contribution in [0.15, 0.2) is 53.4 Å². The molecule has 0 aliphatic heterocycles. The van der Waals surface area contributed by atoms with Gasteiger partial charge in [-0.25, -0.2) is 8.42 Å². The van der Waals surface area contributed by atoms with Crippen molar-refractivity contribution >= 4 is 27.5 Å². The second kappa shape index (κ2) is 8.67. The van der Waals surface area contributed by atoms with Crippen LogP contribution < -0.4 is 10.0 Å². The van der Waals surface area contributed by atoms with Crippen LogP contribution in [0.4, 0.5) is 0 Å². The number of phenols is 1. The van der Waals surface area contributed by atoms with Crippen molar-refractivity contribution in [2.75, 3.05) is 6.54 Å². The van der Waals surface area contributed by atoms with Crippen LogP contribution in [0.2, 0.25) is 5.02 Å². The van der Waals surface area contributed by atoms with E-state index in [0.717, 1.165) is 0 Å². The number of nitrogens with one attached hydrogen (secondary N) is 2. The minimum Gasteiger partial charge on any atom is -0.508 e. The molecule has 0 aliphatic carbocycles. The summed E-state index contributed by atoms with van der Waals surface area (Å²) in [5, 5.41) is 20.7. The van der Waals surface area contributed by atoms with Crippen LogP contribution in [0, 0.1) is 11.3 Å². The summed E-state index contributed by atoms with van der Waals surface area (Å²) in [4.78, 5) is 12.2. The highest BCUT2D eigenvalue weighted by Crippen LogP contribution is 2.16. The first-order valence-electron chi connectivity index (χ1n) is 7.52. The van der Waals surface area contributed by atoms with Gasteiger partial charge in [-0.3, -0.25) is 4.79 Å². The third kappa shape index (κ3) is 5.46. The van der Waals surface area contributed by atoms with Crippen LogP contribution in [0.1, 0.15) is 5.56 Å². The maximum atomic E-state index is 12.5. The van der Waals surface area contributed by atoms with Gasteiger partial charge in [-0.05, 0) is 48.4 Å². The molecule has 0 saturated heterocycles. The second-order valence-electron chi connectivity index (χ2n) is 5.37. The Bertz CT molecular complexity index is 907. The van der Waals surface area contributed by atoms with Gasteiger partial charge in [0, 0.05) is 5.02 Å². The fraction of sp³-hybridized carbons (Fsp3) is 0.176. The van der Waals surface area contributed by atoms with E-state index in [1.165, 1.54) is 36.4 Å². The number of carbonyl (C=O) groups excluding carboxylic acids is 1. The Labute approximate surface area is 156 Å². The lowest BCUT2D eigenvalue weighted by Gasteiger charge is -2.18. The first-order chi connectivity index (χ1) is 12.3. The zero-order valence-corrected chi connectivity index (χ0v) is 15.1. The van der Waals surface area contributed by atoms with E-state index in [9.17, 15) is 18.3 Å². The van der Waals surface area contributed by atoms with E-state index < -0.39 is 22.0 Å². The zero-order valence-electron chi connectivity index (χ0n) is 13.5. The molecule has 0 fully saturated rings. The first-order valence-corrected chi connectivity index (χ1v) is 9.38. The van der Waals surface area contributed by atoms with E-state index in [2.05, 4.69) is 10.0 Å². The molecule has 2 rings (SSSR count). The van der Waals surface area contributed by atoms with Gasteiger partial charge in [0.25, 0.3) is 0 Å². The number of amides is 1. The minimum atomic E-state index is -3.98. The molecular formula is C17H16ClN3O4S. The summed E-state index contributed by atoms with van der Waals surface area (Å²) in [7, 11) is -3.98. The molecule has 26 heavy (non-hydrogen) atoms. The summed E-state index contributed by atoms with van der Waals surface area (Å²) in [6.45, 7) is -0.242. The Morgan fingerprint density at radius 3 is 2.35 bits per heavy atom. The summed E-state index contributed by atoms with van der Waals surface area (Å²) in [5.74, 6) is -0.571. The number of aromatic hydroxyl groups is 1. The zero-order chi connectivity index (χ0) is 19.2. The Hall–Kier alpha value is -2.60. The van der Waals surface area contributed by atoms with E-state index in [4.69, 9.17) is 16.9 Å². The van der Waals surface area contributed by atoms with Crippen molar-refractivity contribution < 1.29 is 18.3 Å². The largest absolute Gasteiger partial charge is 0.508 e. The lowest BCUT2D eigenvalue weighted by atomic mass is 10.1. The van der Waals surface area contributed by atoms with Crippen molar-refractivity contribution in [1.29, 1.82) is 5.26 Å². The van der Waals surface area contributed by atoms with Crippen molar-refractivity contribution in [3.05, 3.63) is 59.1 Å². The molecule has 0 saturated carbocycles. The van der Waals surface area contributed by atoms with Crippen LogP contribution in [-0.2, 0) is 21.2 Å². The quantitative estimate of drug-likeness (QED) is 0.617. The van der Waals surface area contributed by atoms with Gasteiger partial charge in [-0.15, -0.1) is 0 Å². The molecule has 2 aromatic rings. The van der Waals surface area contributed by atoms with Gasteiger partial charge in [-0.2, -0.15) is 9.98 Å². The maximum Gasteiger partial charge on any atom is 0.241 e. The van der Waals surface area contributed by atoms with Gasteiger partial charge >= 0.3 is 0 Å². The van der Waals surface area contributed by atoms with Crippen molar-refractivity contribution in [1.82, 2.24) is 10.0 Å². The van der Waals surface area contributed by atoms with Gasteiger partial charge in [0.2, 0.25) is 15.9 Å². The SMILES string of the molecule is N#CCNC(=O)C(Cc1ccc(O)cc1)NS(=O)(=O)c1ccc(Cl)cc1. The summed E-state index contributed by atoms with van der Waals surface area (Å²) in [6.07, 6.45) is 0.0460. The van der Waals surface area contributed by atoms with E-state index in [0.29, 0.717) is 10.6 Å². The molecule has 2 aromatic carbocycles. The molecule has 1 amide bonds. The molecule has 0 spiro atoms. The number of hydrogen-bond donors (Lipinski definition) is 3. The number of phenolic OH excluding ortho intramolecular Hbond substituents is 1. The highest BCUT2D eigenvalue weighted by Gasteiger charge is 2.26. The molecule has 1 atom stereocenters. The fourth-order valence-electron chi connectivity index (χ4n) is 2.17. The van der Waals surface area contributed by atoms with Crippen molar-refractivity contribution in [2.45, 2.75) is 17.4 Å². The third-order valence-electron chi connectivity index (χ3n) is 3.46. The second-order valence-corrected chi connectivity index (χ2v) is 7.52. The number of carbonyl (C=O) groups is 1. The Balaban J connectivity index is 2.24. The molecule has 9 heteroatoms. The normalized spacial score (nSPS) is 12.2. The summed E-state index contributed by atoms with van der Waals surface area (Å²) in [5.41, 5.74) is 0.638. The number of benzene rings is 2. The Morgan fingerprint density at radius 2 is 1.77 bits per heavy atom.